The molecule has 0 aromatic heterocycles. The minimum atomic E-state index is -3.47. The zero-order chi connectivity index (χ0) is 25.9. The second-order valence-corrected chi connectivity index (χ2v) is 11.8. The average molecular weight is 505 g/mol. The van der Waals surface area contributed by atoms with E-state index in [1.165, 1.54) is 34.5 Å². The maximum Gasteiger partial charge on any atom is 0.251 e. The second-order valence-electron chi connectivity index (χ2n) is 9.90. The Labute approximate surface area is 215 Å². The summed E-state index contributed by atoms with van der Waals surface area (Å²) >= 11 is 0. The third kappa shape index (κ3) is 5.98. The Morgan fingerprint density at radius 3 is 2.25 bits per heavy atom. The first kappa shape index (κ1) is 26.0. The fourth-order valence-electron chi connectivity index (χ4n) is 4.84. The molecule has 1 N–H and O–H groups in total. The summed E-state index contributed by atoms with van der Waals surface area (Å²) in [4.78, 5) is 13.0. The van der Waals surface area contributed by atoms with Crippen LogP contribution in [0, 0.1) is 13.8 Å². The second kappa shape index (κ2) is 10.9. The van der Waals surface area contributed by atoms with Crippen molar-refractivity contribution in [2.24, 2.45) is 0 Å². The van der Waals surface area contributed by atoms with Crippen molar-refractivity contribution in [3.8, 4) is 0 Å². The standard InChI is InChI=1S/C30H36N2O3S/c1-5-29(27-16-15-24-8-6-7-9-26(24)19-27)31-30(33)25-13-11-23(12-14-25)20-32(36(4,34)35)28-17-10-21(2)22(3)18-28/h10-19,29H,5-9,20H2,1-4H3,(H,31,33)/t29-/m0/s1. The summed E-state index contributed by atoms with van der Waals surface area (Å²) in [5.74, 6) is -0.125. The first-order valence-electron chi connectivity index (χ1n) is 12.7. The molecule has 1 amide bonds. The van der Waals surface area contributed by atoms with Gasteiger partial charge in [-0.1, -0.05) is 43.3 Å². The Balaban J connectivity index is 1.47. The van der Waals surface area contributed by atoms with Gasteiger partial charge in [0.1, 0.15) is 0 Å². The monoisotopic (exact) mass is 504 g/mol. The van der Waals surface area contributed by atoms with Crippen LogP contribution in [-0.2, 0) is 29.4 Å². The number of benzene rings is 3. The van der Waals surface area contributed by atoms with Gasteiger partial charge >= 0.3 is 0 Å². The van der Waals surface area contributed by atoms with E-state index in [1.54, 1.807) is 12.1 Å². The molecular weight excluding hydrogens is 468 g/mol. The highest BCUT2D eigenvalue weighted by molar-refractivity contribution is 7.92. The third-order valence-corrected chi connectivity index (χ3v) is 8.35. The molecule has 3 aromatic rings. The van der Waals surface area contributed by atoms with Gasteiger partial charge in [0.15, 0.2) is 0 Å². The van der Waals surface area contributed by atoms with Crippen LogP contribution in [0.15, 0.2) is 60.7 Å². The van der Waals surface area contributed by atoms with Crippen molar-refractivity contribution in [1.82, 2.24) is 5.32 Å². The first-order chi connectivity index (χ1) is 17.2. The van der Waals surface area contributed by atoms with Gasteiger partial charge in [-0.3, -0.25) is 9.10 Å². The Hall–Kier alpha value is -3.12. The first-order valence-corrected chi connectivity index (χ1v) is 14.6. The molecule has 190 valence electrons. The van der Waals surface area contributed by atoms with Gasteiger partial charge in [-0.2, -0.15) is 0 Å². The number of carbonyl (C=O) groups excluding carboxylic acids is 1. The lowest BCUT2D eigenvalue weighted by atomic mass is 9.88. The lowest BCUT2D eigenvalue weighted by Crippen LogP contribution is -2.30. The van der Waals surface area contributed by atoms with Gasteiger partial charge in [-0.15, -0.1) is 0 Å². The average Bonchev–Trinajstić information content (AvgIpc) is 2.87. The number of amides is 1. The highest BCUT2D eigenvalue weighted by Crippen LogP contribution is 2.27. The predicted molar refractivity (Wildman–Crippen MR) is 147 cm³/mol. The Morgan fingerprint density at radius 1 is 0.917 bits per heavy atom. The Kier molecular flexibility index (Phi) is 7.84. The largest absolute Gasteiger partial charge is 0.345 e. The van der Waals surface area contributed by atoms with E-state index >= 15 is 0 Å². The summed E-state index contributed by atoms with van der Waals surface area (Å²) in [5, 5.41) is 3.18. The summed E-state index contributed by atoms with van der Waals surface area (Å²) in [5.41, 5.74) is 8.17. The van der Waals surface area contributed by atoms with Gasteiger partial charge in [-0.05, 0) is 104 Å². The molecule has 6 heteroatoms. The molecule has 0 spiro atoms. The van der Waals surface area contributed by atoms with Crippen LogP contribution in [0.5, 0.6) is 0 Å². The minimum Gasteiger partial charge on any atom is -0.345 e. The van der Waals surface area contributed by atoms with Crippen molar-refractivity contribution in [2.75, 3.05) is 10.6 Å². The van der Waals surface area contributed by atoms with Gasteiger partial charge < -0.3 is 5.32 Å². The lowest BCUT2D eigenvalue weighted by Gasteiger charge is -2.23. The van der Waals surface area contributed by atoms with E-state index < -0.39 is 10.0 Å². The van der Waals surface area contributed by atoms with E-state index in [1.807, 2.05) is 44.2 Å². The summed E-state index contributed by atoms with van der Waals surface area (Å²) in [6.45, 7) is 6.26. The van der Waals surface area contributed by atoms with Crippen LogP contribution in [0.4, 0.5) is 5.69 Å². The van der Waals surface area contributed by atoms with E-state index in [-0.39, 0.29) is 18.5 Å². The molecular formula is C30H36N2O3S. The summed E-state index contributed by atoms with van der Waals surface area (Å²) in [6.07, 6.45) is 6.76. The predicted octanol–water partition coefficient (Wildman–Crippen LogP) is 6.03. The molecule has 0 saturated carbocycles. The van der Waals surface area contributed by atoms with Gasteiger partial charge in [-0.25, -0.2) is 8.42 Å². The molecule has 0 heterocycles. The number of nitrogens with one attached hydrogen (secondary N) is 1. The summed E-state index contributed by atoms with van der Waals surface area (Å²) in [7, 11) is -3.47. The number of carbonyl (C=O) groups is 1. The maximum atomic E-state index is 13.0. The van der Waals surface area contributed by atoms with Crippen LogP contribution in [-0.4, -0.2) is 20.6 Å². The molecule has 3 aromatic carbocycles. The number of aryl methyl sites for hydroxylation is 4. The molecule has 0 unspecified atom stereocenters. The molecule has 1 aliphatic carbocycles. The Bertz CT molecular complexity index is 1350. The van der Waals surface area contributed by atoms with Gasteiger partial charge in [0.25, 0.3) is 5.91 Å². The number of fused-ring (bicyclic) bond motifs is 1. The summed E-state index contributed by atoms with van der Waals surface area (Å²) in [6, 6.07) is 19.4. The SMILES string of the molecule is CC[C@H](NC(=O)c1ccc(CN(c2ccc(C)c(C)c2)S(C)(=O)=O)cc1)c1ccc2c(c1)CCCC2. The number of nitrogens with zero attached hydrogens (tertiary/aromatic N) is 1. The third-order valence-electron chi connectivity index (χ3n) is 7.21. The molecule has 4 rings (SSSR count). The van der Waals surface area contributed by atoms with Crippen LogP contribution >= 0.6 is 0 Å². The van der Waals surface area contributed by atoms with Gasteiger partial charge in [0.2, 0.25) is 10.0 Å². The van der Waals surface area contributed by atoms with E-state index in [4.69, 9.17) is 0 Å². The molecule has 5 nitrogen and oxygen atoms in total. The van der Waals surface area contributed by atoms with E-state index in [0.29, 0.717) is 11.3 Å². The molecule has 0 aliphatic heterocycles. The normalized spacial score (nSPS) is 14.1. The van der Waals surface area contributed by atoms with E-state index in [2.05, 4.69) is 30.4 Å². The molecule has 0 saturated heterocycles. The van der Waals surface area contributed by atoms with Crippen molar-refractivity contribution >= 4 is 21.6 Å². The summed E-state index contributed by atoms with van der Waals surface area (Å²) < 4.78 is 26.5. The minimum absolute atomic E-state index is 0.0464. The number of rotatable bonds is 8. The van der Waals surface area contributed by atoms with Crippen molar-refractivity contribution in [3.05, 3.63) is 99.6 Å². The lowest BCUT2D eigenvalue weighted by molar-refractivity contribution is 0.0935. The fraction of sp³-hybridized carbons (Fsp3) is 0.367. The van der Waals surface area contributed by atoms with Crippen molar-refractivity contribution in [3.63, 3.8) is 0 Å². The molecule has 1 aliphatic rings. The quantitative estimate of drug-likeness (QED) is 0.407. The highest BCUT2D eigenvalue weighted by Gasteiger charge is 2.20. The van der Waals surface area contributed by atoms with Crippen LogP contribution in [0.1, 0.15) is 76.0 Å². The van der Waals surface area contributed by atoms with Crippen LogP contribution < -0.4 is 9.62 Å². The van der Waals surface area contributed by atoms with Crippen LogP contribution in [0.25, 0.3) is 0 Å². The van der Waals surface area contributed by atoms with Gasteiger partial charge in [0.05, 0.1) is 24.5 Å². The van der Waals surface area contributed by atoms with E-state index in [0.717, 1.165) is 41.5 Å². The molecule has 0 radical (unpaired) electrons. The fourth-order valence-corrected chi connectivity index (χ4v) is 5.72. The zero-order valence-corrected chi connectivity index (χ0v) is 22.5. The maximum absolute atomic E-state index is 13.0. The number of anilines is 1. The Morgan fingerprint density at radius 2 is 1.61 bits per heavy atom. The highest BCUT2D eigenvalue weighted by atomic mass is 32.2. The van der Waals surface area contributed by atoms with Gasteiger partial charge in [0, 0.05) is 5.56 Å². The molecule has 1 atom stereocenters. The van der Waals surface area contributed by atoms with Crippen molar-refractivity contribution in [2.45, 2.75) is 65.5 Å². The zero-order valence-electron chi connectivity index (χ0n) is 21.7. The number of hydrogen-bond donors (Lipinski definition) is 1. The topological polar surface area (TPSA) is 66.5 Å². The molecule has 0 fully saturated rings. The smallest absolute Gasteiger partial charge is 0.251 e. The number of sulfonamides is 1. The van der Waals surface area contributed by atoms with Crippen molar-refractivity contribution in [1.29, 1.82) is 0 Å². The van der Waals surface area contributed by atoms with Crippen LogP contribution in [0.3, 0.4) is 0 Å². The van der Waals surface area contributed by atoms with E-state index in [9.17, 15) is 13.2 Å². The number of hydrogen-bond acceptors (Lipinski definition) is 3. The molecule has 36 heavy (non-hydrogen) atoms. The van der Waals surface area contributed by atoms with Crippen molar-refractivity contribution < 1.29 is 13.2 Å². The molecule has 0 bridgehead atoms. The van der Waals surface area contributed by atoms with Crippen LogP contribution in [0.2, 0.25) is 0 Å².